The van der Waals surface area contributed by atoms with E-state index in [-0.39, 0.29) is 5.92 Å². The minimum atomic E-state index is 0.112. The van der Waals surface area contributed by atoms with Crippen LogP contribution in [0, 0.1) is 0 Å². The van der Waals surface area contributed by atoms with Crippen LogP contribution in [0.1, 0.15) is 18.4 Å². The van der Waals surface area contributed by atoms with Gasteiger partial charge in [0, 0.05) is 6.20 Å². The third kappa shape index (κ3) is 2.22. The fourth-order valence-electron chi connectivity index (χ4n) is 1.78. The van der Waals surface area contributed by atoms with Crippen LogP contribution in [0.3, 0.4) is 0 Å². The van der Waals surface area contributed by atoms with E-state index in [2.05, 4.69) is 30.1 Å². The van der Waals surface area contributed by atoms with Crippen molar-refractivity contribution in [1.82, 2.24) is 0 Å². The van der Waals surface area contributed by atoms with Gasteiger partial charge in [0.25, 0.3) is 0 Å². The van der Waals surface area contributed by atoms with Crippen LogP contribution in [0.2, 0.25) is 0 Å². The molecule has 0 amide bonds. The van der Waals surface area contributed by atoms with Crippen LogP contribution >= 0.6 is 0 Å². The van der Waals surface area contributed by atoms with Gasteiger partial charge in [-0.25, -0.2) is 4.99 Å². The molecule has 1 unspecified atom stereocenters. The summed E-state index contributed by atoms with van der Waals surface area (Å²) in [7, 11) is 1.66. The third-order valence-electron chi connectivity index (χ3n) is 2.60. The first-order valence-electron chi connectivity index (χ1n) is 5.33. The first-order chi connectivity index (χ1) is 7.81. The molecule has 82 valence electrons. The van der Waals surface area contributed by atoms with Crippen LogP contribution in [-0.2, 0) is 4.74 Å². The maximum Gasteiger partial charge on any atom is 0.199 e. The Hall–Kier alpha value is -1.83. The Morgan fingerprint density at radius 2 is 1.94 bits per heavy atom. The zero-order valence-corrected chi connectivity index (χ0v) is 9.55. The lowest BCUT2D eigenvalue weighted by atomic mass is 9.97. The van der Waals surface area contributed by atoms with Gasteiger partial charge in [0.15, 0.2) is 5.90 Å². The molecular weight excluding hydrogens is 198 g/mol. The molecule has 0 N–H and O–H groups in total. The van der Waals surface area contributed by atoms with Gasteiger partial charge in [-0.3, -0.25) is 0 Å². The zero-order valence-electron chi connectivity index (χ0n) is 9.55. The first-order valence-corrected chi connectivity index (χ1v) is 5.33. The normalized spacial score (nSPS) is 19.8. The zero-order chi connectivity index (χ0) is 11.4. The van der Waals surface area contributed by atoms with Gasteiger partial charge in [0.2, 0.25) is 0 Å². The minimum Gasteiger partial charge on any atom is -0.483 e. The molecular formula is C14H15NO. The number of hydrogen-bond acceptors (Lipinski definition) is 2. The molecule has 0 fully saturated rings. The van der Waals surface area contributed by atoms with Crippen LogP contribution in [0.15, 0.2) is 59.2 Å². The predicted octanol–water partition coefficient (Wildman–Crippen LogP) is 3.29. The van der Waals surface area contributed by atoms with Gasteiger partial charge >= 0.3 is 0 Å². The van der Waals surface area contributed by atoms with Crippen molar-refractivity contribution < 1.29 is 4.74 Å². The van der Waals surface area contributed by atoms with Crippen LogP contribution in [-0.4, -0.2) is 13.0 Å². The van der Waals surface area contributed by atoms with Crippen molar-refractivity contribution in [2.45, 2.75) is 12.8 Å². The molecule has 0 radical (unpaired) electrons. The van der Waals surface area contributed by atoms with E-state index in [4.69, 9.17) is 4.74 Å². The number of methoxy groups -OCH3 is 1. The van der Waals surface area contributed by atoms with Crippen molar-refractivity contribution in [2.24, 2.45) is 4.99 Å². The second kappa shape index (κ2) is 4.79. The summed E-state index contributed by atoms with van der Waals surface area (Å²) in [5, 5.41) is 0. The average Bonchev–Trinajstić information content (AvgIpc) is 2.52. The number of nitrogens with zero attached hydrogens (tertiary/aromatic N) is 1. The van der Waals surface area contributed by atoms with Crippen LogP contribution in [0.4, 0.5) is 0 Å². The molecule has 1 aliphatic heterocycles. The number of allylic oxidation sites excluding steroid dienone is 2. The van der Waals surface area contributed by atoms with Crippen molar-refractivity contribution in [3.63, 3.8) is 0 Å². The number of rotatable bonds is 1. The van der Waals surface area contributed by atoms with Gasteiger partial charge in [0.1, 0.15) is 0 Å². The molecule has 0 aliphatic carbocycles. The van der Waals surface area contributed by atoms with Crippen LogP contribution < -0.4 is 0 Å². The highest BCUT2D eigenvalue weighted by molar-refractivity contribution is 5.86. The number of benzene rings is 1. The van der Waals surface area contributed by atoms with E-state index in [0.717, 1.165) is 5.90 Å². The second-order valence-corrected chi connectivity index (χ2v) is 3.79. The summed E-state index contributed by atoms with van der Waals surface area (Å²) >= 11 is 0. The lowest BCUT2D eigenvalue weighted by molar-refractivity contribution is 0.388. The second-order valence-electron chi connectivity index (χ2n) is 3.79. The molecule has 0 spiro atoms. The molecule has 1 aliphatic rings. The summed E-state index contributed by atoms with van der Waals surface area (Å²) in [6.07, 6.45) is 5.94. The molecule has 1 aromatic rings. The molecule has 2 nitrogen and oxygen atoms in total. The summed E-state index contributed by atoms with van der Waals surface area (Å²) in [6, 6.07) is 10.3. The summed E-state index contributed by atoms with van der Waals surface area (Å²) in [5.41, 5.74) is 2.40. The average molecular weight is 213 g/mol. The van der Waals surface area contributed by atoms with Crippen molar-refractivity contribution in [3.05, 3.63) is 59.8 Å². The van der Waals surface area contributed by atoms with E-state index in [1.165, 1.54) is 11.1 Å². The first kappa shape index (κ1) is 10.7. The molecule has 0 saturated heterocycles. The van der Waals surface area contributed by atoms with E-state index < -0.39 is 0 Å². The molecule has 2 heteroatoms. The standard InChI is InChI=1S/C14H15NO/c1-11-8-9-15-14(16-2)13(10-11)12-6-4-3-5-7-12/h3-10,13H,1-2H3. The fraction of sp³-hybridized carbons (Fsp3) is 0.214. The monoisotopic (exact) mass is 213 g/mol. The van der Waals surface area contributed by atoms with Gasteiger partial charge < -0.3 is 4.74 Å². The Kier molecular flexibility index (Phi) is 3.20. The Labute approximate surface area is 96.0 Å². The van der Waals surface area contributed by atoms with Crippen molar-refractivity contribution in [1.29, 1.82) is 0 Å². The van der Waals surface area contributed by atoms with Gasteiger partial charge in [-0.05, 0) is 18.6 Å². The van der Waals surface area contributed by atoms with Crippen LogP contribution in [0.5, 0.6) is 0 Å². The highest BCUT2D eigenvalue weighted by atomic mass is 16.5. The molecule has 16 heavy (non-hydrogen) atoms. The Morgan fingerprint density at radius 1 is 1.19 bits per heavy atom. The molecule has 1 heterocycles. The number of ether oxygens (including phenoxy) is 1. The van der Waals surface area contributed by atoms with Crippen LogP contribution in [0.25, 0.3) is 0 Å². The Bertz CT molecular complexity index is 443. The van der Waals surface area contributed by atoms with E-state index in [9.17, 15) is 0 Å². The molecule has 0 aromatic heterocycles. The lowest BCUT2D eigenvalue weighted by Gasteiger charge is -2.14. The summed E-state index contributed by atoms with van der Waals surface area (Å²) in [6.45, 7) is 2.07. The van der Waals surface area contributed by atoms with E-state index in [1.807, 2.05) is 24.3 Å². The maximum atomic E-state index is 5.34. The lowest BCUT2D eigenvalue weighted by Crippen LogP contribution is -2.12. The highest BCUT2D eigenvalue weighted by Crippen LogP contribution is 2.23. The smallest absolute Gasteiger partial charge is 0.199 e. The Balaban J connectivity index is 2.41. The van der Waals surface area contributed by atoms with Gasteiger partial charge in [-0.2, -0.15) is 0 Å². The Morgan fingerprint density at radius 3 is 2.62 bits per heavy atom. The van der Waals surface area contributed by atoms with E-state index in [0.29, 0.717) is 0 Å². The number of aliphatic imine (C=N–C) groups is 1. The molecule has 0 saturated carbocycles. The largest absolute Gasteiger partial charge is 0.483 e. The van der Waals surface area contributed by atoms with E-state index >= 15 is 0 Å². The van der Waals surface area contributed by atoms with Crippen molar-refractivity contribution >= 4 is 5.90 Å². The van der Waals surface area contributed by atoms with E-state index in [1.54, 1.807) is 13.3 Å². The SMILES string of the molecule is COC1=NC=CC(C)=CC1c1ccccc1. The quantitative estimate of drug-likeness (QED) is 0.701. The molecule has 1 aromatic carbocycles. The predicted molar refractivity (Wildman–Crippen MR) is 66.5 cm³/mol. The highest BCUT2D eigenvalue weighted by Gasteiger charge is 2.17. The molecule has 1 atom stereocenters. The van der Waals surface area contributed by atoms with Gasteiger partial charge in [-0.1, -0.05) is 42.0 Å². The van der Waals surface area contributed by atoms with Gasteiger partial charge in [0.05, 0.1) is 13.0 Å². The van der Waals surface area contributed by atoms with Crippen molar-refractivity contribution in [3.8, 4) is 0 Å². The summed E-state index contributed by atoms with van der Waals surface area (Å²) in [4.78, 5) is 4.31. The fourth-order valence-corrected chi connectivity index (χ4v) is 1.78. The minimum absolute atomic E-state index is 0.112. The molecule has 2 rings (SSSR count). The maximum absolute atomic E-state index is 5.34. The van der Waals surface area contributed by atoms with Gasteiger partial charge in [-0.15, -0.1) is 0 Å². The number of hydrogen-bond donors (Lipinski definition) is 0. The summed E-state index contributed by atoms with van der Waals surface area (Å²) in [5.74, 6) is 0.848. The summed E-state index contributed by atoms with van der Waals surface area (Å²) < 4.78 is 5.34. The topological polar surface area (TPSA) is 21.6 Å². The third-order valence-corrected chi connectivity index (χ3v) is 2.60. The molecule has 0 bridgehead atoms. The van der Waals surface area contributed by atoms with Crippen molar-refractivity contribution in [2.75, 3.05) is 7.11 Å².